The molecule has 4 N–H and O–H groups in total. The van der Waals surface area contributed by atoms with Crippen molar-refractivity contribution < 1.29 is 24.3 Å². The summed E-state index contributed by atoms with van der Waals surface area (Å²) in [6.07, 6.45) is 14.4. The predicted octanol–water partition coefficient (Wildman–Crippen LogP) is 4.85. The Hall–Kier alpha value is -6.87. The average molecular weight is 910 g/mol. The number of nitriles is 1. The number of hydrogen-bond donors (Lipinski definition) is 4. The highest BCUT2D eigenvalue weighted by molar-refractivity contribution is 6.01. The minimum absolute atomic E-state index is 0.0384. The van der Waals surface area contributed by atoms with Crippen molar-refractivity contribution in [1.82, 2.24) is 44.9 Å². The standard InChI is InChI=1S/C49H59N13O5/c1-4-48(47(66)54-32(2)3)15-21-59(22-16-48)41-11-5-33(27-51-41)44-45-34(26-50)28-53-62(45)31-40(56-44)35-29-52-61(30-35)38-13-19-60(20-14-38)43(64)25-49(67)17-23-58(24-18-49)37-8-6-36(7-9-37)55-39-10-12-42(63)57-46(39)65/h5-9,11,27-32,38-39,55,67H,4,10,12-25H2,1-3H3,(H,54,66)(H,57,63,65). The van der Waals surface area contributed by atoms with E-state index in [9.17, 15) is 29.5 Å². The van der Waals surface area contributed by atoms with Crippen LogP contribution in [0.4, 0.5) is 17.2 Å². The number of benzene rings is 1. The van der Waals surface area contributed by atoms with Crippen LogP contribution in [-0.2, 0) is 19.2 Å². The van der Waals surface area contributed by atoms with Crippen LogP contribution in [-0.4, -0.2) is 120 Å². The number of nitrogens with zero attached hydrogens (tertiary/aromatic N) is 10. The molecular formula is C49H59N13O5. The lowest BCUT2D eigenvalue weighted by molar-refractivity contribution is -0.139. The molecule has 0 spiro atoms. The SMILES string of the molecule is CCC1(C(=O)NC(C)C)CCN(c2ccc(-c3nc(-c4cnn(C5CCN(C(=O)CC6(O)CCN(c7ccc(NC8CCC(=O)NC8=O)cc7)CC6)CC5)c4)cn4ncc(C#N)c34)cn2)CC1. The van der Waals surface area contributed by atoms with Crippen LogP contribution in [0, 0.1) is 16.7 Å². The van der Waals surface area contributed by atoms with Gasteiger partial charge in [-0.1, -0.05) is 6.92 Å². The molecule has 4 saturated heterocycles. The zero-order valence-electron chi connectivity index (χ0n) is 38.4. The van der Waals surface area contributed by atoms with Crippen molar-refractivity contribution in [3.05, 3.63) is 72.9 Å². The van der Waals surface area contributed by atoms with Gasteiger partial charge in [0.1, 0.15) is 29.0 Å². The molecule has 0 radical (unpaired) electrons. The molecule has 8 heterocycles. The first-order valence-electron chi connectivity index (χ1n) is 23.6. The van der Waals surface area contributed by atoms with E-state index in [1.807, 2.05) is 72.2 Å². The van der Waals surface area contributed by atoms with Gasteiger partial charge in [0.15, 0.2) is 0 Å². The van der Waals surface area contributed by atoms with Crippen molar-refractivity contribution in [2.24, 2.45) is 5.41 Å². The number of likely N-dealkylation sites (tertiary alicyclic amines) is 1. The lowest BCUT2D eigenvalue weighted by atomic mass is 9.75. The summed E-state index contributed by atoms with van der Waals surface area (Å²) in [5.74, 6) is 0.363. The van der Waals surface area contributed by atoms with Gasteiger partial charge in [-0.15, -0.1) is 0 Å². The fourth-order valence-corrected chi connectivity index (χ4v) is 10.1. The van der Waals surface area contributed by atoms with Gasteiger partial charge in [0.2, 0.25) is 23.6 Å². The number of anilines is 3. The maximum Gasteiger partial charge on any atom is 0.249 e. The first-order valence-corrected chi connectivity index (χ1v) is 23.6. The van der Waals surface area contributed by atoms with E-state index in [2.05, 4.69) is 43.8 Å². The number of rotatable bonds is 12. The van der Waals surface area contributed by atoms with Crippen LogP contribution in [0.1, 0.15) is 96.6 Å². The van der Waals surface area contributed by atoms with Crippen molar-refractivity contribution in [2.75, 3.05) is 54.4 Å². The topological polar surface area (TPSA) is 219 Å². The van der Waals surface area contributed by atoms with Gasteiger partial charge in [0.05, 0.1) is 53.5 Å². The van der Waals surface area contributed by atoms with E-state index in [1.54, 1.807) is 23.1 Å². The fourth-order valence-electron chi connectivity index (χ4n) is 10.1. The van der Waals surface area contributed by atoms with Crippen molar-refractivity contribution in [3.63, 3.8) is 0 Å². The molecule has 18 heteroatoms. The third-order valence-corrected chi connectivity index (χ3v) is 14.3. The first-order chi connectivity index (χ1) is 32.3. The number of piperidine rings is 4. The number of fused-ring (bicyclic) bond motifs is 1. The molecule has 0 saturated carbocycles. The molecule has 18 nitrogen and oxygen atoms in total. The Balaban J connectivity index is 0.794. The molecule has 5 aromatic rings. The molecule has 1 aromatic carbocycles. The third-order valence-electron chi connectivity index (χ3n) is 14.3. The smallest absolute Gasteiger partial charge is 0.249 e. The largest absolute Gasteiger partial charge is 0.389 e. The van der Waals surface area contributed by atoms with Gasteiger partial charge in [-0.25, -0.2) is 14.5 Å². The molecule has 4 aliphatic heterocycles. The molecule has 1 atom stereocenters. The molecular weight excluding hydrogens is 851 g/mol. The number of aromatic nitrogens is 6. The van der Waals surface area contributed by atoms with Crippen LogP contribution in [0.2, 0.25) is 0 Å². The monoisotopic (exact) mass is 909 g/mol. The normalized spacial score (nSPS) is 19.9. The summed E-state index contributed by atoms with van der Waals surface area (Å²) in [6.45, 7) is 9.87. The first kappa shape index (κ1) is 45.3. The number of nitrogens with one attached hydrogen (secondary N) is 3. The molecule has 0 aliphatic carbocycles. The molecule has 350 valence electrons. The number of imide groups is 1. The van der Waals surface area contributed by atoms with Crippen LogP contribution >= 0.6 is 0 Å². The zero-order valence-corrected chi connectivity index (χ0v) is 38.4. The van der Waals surface area contributed by atoms with Crippen LogP contribution < -0.4 is 25.8 Å². The summed E-state index contributed by atoms with van der Waals surface area (Å²) in [5.41, 5.74) is 4.11. The molecule has 4 amide bonds. The van der Waals surface area contributed by atoms with E-state index < -0.39 is 11.6 Å². The number of carbonyl (C=O) groups is 4. The second kappa shape index (κ2) is 18.8. The fraction of sp³-hybridized carbons (Fsp3) is 0.490. The lowest BCUT2D eigenvalue weighted by Crippen LogP contribution is -2.50. The minimum atomic E-state index is -1.08. The second-order valence-corrected chi connectivity index (χ2v) is 19.0. The minimum Gasteiger partial charge on any atom is -0.389 e. The van der Waals surface area contributed by atoms with Crippen molar-refractivity contribution >= 4 is 46.3 Å². The van der Waals surface area contributed by atoms with Crippen molar-refractivity contribution in [3.8, 4) is 28.6 Å². The Morgan fingerprint density at radius 1 is 0.896 bits per heavy atom. The highest BCUT2D eigenvalue weighted by Gasteiger charge is 2.41. The van der Waals surface area contributed by atoms with Gasteiger partial charge < -0.3 is 30.4 Å². The second-order valence-electron chi connectivity index (χ2n) is 19.0. The number of hydrogen-bond acceptors (Lipinski definition) is 13. The predicted molar refractivity (Wildman–Crippen MR) is 252 cm³/mol. The Kier molecular flexibility index (Phi) is 12.7. The Morgan fingerprint density at radius 3 is 2.28 bits per heavy atom. The molecule has 4 fully saturated rings. The van der Waals surface area contributed by atoms with Crippen molar-refractivity contribution in [1.29, 1.82) is 5.26 Å². The van der Waals surface area contributed by atoms with Crippen LogP contribution in [0.15, 0.2) is 67.4 Å². The van der Waals surface area contributed by atoms with Crippen molar-refractivity contribution in [2.45, 2.75) is 109 Å². The van der Waals surface area contributed by atoms with Crippen LogP contribution in [0.25, 0.3) is 28.0 Å². The van der Waals surface area contributed by atoms with Gasteiger partial charge >= 0.3 is 0 Å². The van der Waals surface area contributed by atoms with E-state index in [0.717, 1.165) is 73.5 Å². The van der Waals surface area contributed by atoms with Gasteiger partial charge in [0, 0.05) is 86.6 Å². The van der Waals surface area contributed by atoms with Gasteiger partial charge in [-0.2, -0.15) is 15.5 Å². The number of amides is 4. The summed E-state index contributed by atoms with van der Waals surface area (Å²) in [7, 11) is 0. The average Bonchev–Trinajstić information content (AvgIpc) is 4.01. The van der Waals surface area contributed by atoms with Gasteiger partial charge in [-0.3, -0.25) is 29.2 Å². The Bertz CT molecular complexity index is 2660. The summed E-state index contributed by atoms with van der Waals surface area (Å²) in [4.78, 5) is 66.6. The molecule has 67 heavy (non-hydrogen) atoms. The number of carbonyl (C=O) groups excluding carboxylic acids is 4. The maximum absolute atomic E-state index is 13.6. The highest BCUT2D eigenvalue weighted by atomic mass is 16.3. The van der Waals surface area contributed by atoms with Crippen LogP contribution in [0.5, 0.6) is 0 Å². The summed E-state index contributed by atoms with van der Waals surface area (Å²) < 4.78 is 3.63. The summed E-state index contributed by atoms with van der Waals surface area (Å²) in [6, 6.07) is 13.7. The summed E-state index contributed by atoms with van der Waals surface area (Å²) in [5, 5.41) is 39.5. The highest BCUT2D eigenvalue weighted by Crippen LogP contribution is 2.38. The van der Waals surface area contributed by atoms with Crippen LogP contribution in [0.3, 0.4) is 0 Å². The van der Waals surface area contributed by atoms with E-state index >= 15 is 0 Å². The quantitative estimate of drug-likeness (QED) is 0.123. The number of pyridine rings is 1. The van der Waals surface area contributed by atoms with Gasteiger partial charge in [-0.05, 0) is 102 Å². The molecule has 9 rings (SSSR count). The third kappa shape index (κ3) is 9.55. The molecule has 4 aromatic heterocycles. The Morgan fingerprint density at radius 2 is 1.63 bits per heavy atom. The van der Waals surface area contributed by atoms with Gasteiger partial charge in [0.25, 0.3) is 0 Å². The summed E-state index contributed by atoms with van der Waals surface area (Å²) >= 11 is 0. The molecule has 4 aliphatic rings. The number of aliphatic hydroxyl groups is 1. The lowest BCUT2D eigenvalue weighted by Gasteiger charge is -2.41. The molecule has 0 bridgehead atoms. The van der Waals surface area contributed by atoms with E-state index in [4.69, 9.17) is 15.1 Å². The molecule has 1 unspecified atom stereocenters. The Labute approximate surface area is 389 Å². The maximum atomic E-state index is 13.6. The van der Waals surface area contributed by atoms with E-state index in [0.29, 0.717) is 74.3 Å². The van der Waals surface area contributed by atoms with E-state index in [-0.39, 0.29) is 47.5 Å². The zero-order chi connectivity index (χ0) is 46.9. The van der Waals surface area contributed by atoms with E-state index in [1.165, 1.54) is 0 Å².